The highest BCUT2D eigenvalue weighted by Gasteiger charge is 2.21. The molecular formula is C19H20N2O4S. The Balaban J connectivity index is 2.07. The molecule has 0 bridgehead atoms. The molecule has 7 heteroatoms. The van der Waals surface area contributed by atoms with Gasteiger partial charge in [-0.1, -0.05) is 26.0 Å². The second-order valence-electron chi connectivity index (χ2n) is 5.92. The van der Waals surface area contributed by atoms with E-state index in [4.69, 9.17) is 4.74 Å². The predicted octanol–water partition coefficient (Wildman–Crippen LogP) is 3.95. The van der Waals surface area contributed by atoms with Gasteiger partial charge in [-0.15, -0.1) is 11.3 Å². The highest BCUT2D eigenvalue weighted by atomic mass is 32.1. The Morgan fingerprint density at radius 2 is 2.04 bits per heavy atom. The van der Waals surface area contributed by atoms with Crippen LogP contribution in [0.15, 0.2) is 40.8 Å². The van der Waals surface area contributed by atoms with E-state index in [1.165, 1.54) is 22.2 Å². The van der Waals surface area contributed by atoms with Crippen LogP contribution in [0.2, 0.25) is 0 Å². The molecule has 0 radical (unpaired) electrons. The fourth-order valence-electron chi connectivity index (χ4n) is 2.82. The molecule has 0 saturated heterocycles. The molecule has 0 saturated carbocycles. The summed E-state index contributed by atoms with van der Waals surface area (Å²) in [5, 5.41) is 11.7. The lowest BCUT2D eigenvalue weighted by Crippen LogP contribution is -2.29. The summed E-state index contributed by atoms with van der Waals surface area (Å²) in [6.45, 7) is 4.44. The predicted molar refractivity (Wildman–Crippen MR) is 102 cm³/mol. The van der Waals surface area contributed by atoms with Gasteiger partial charge < -0.3 is 9.84 Å². The number of hydrogen-bond acceptors (Lipinski definition) is 5. The van der Waals surface area contributed by atoms with Crippen molar-refractivity contribution in [3.8, 4) is 16.9 Å². The number of aliphatic carboxylic acids is 1. The van der Waals surface area contributed by atoms with E-state index in [-0.39, 0.29) is 5.56 Å². The first-order valence-corrected chi connectivity index (χ1v) is 9.39. The van der Waals surface area contributed by atoms with Crippen molar-refractivity contribution >= 4 is 27.5 Å². The Bertz CT molecular complexity index is 975. The van der Waals surface area contributed by atoms with Crippen LogP contribution in [0.25, 0.3) is 21.3 Å². The molecule has 2 heterocycles. The highest BCUT2D eigenvalue weighted by Crippen LogP contribution is 2.32. The molecule has 26 heavy (non-hydrogen) atoms. The molecule has 0 amide bonds. The first kappa shape index (κ1) is 18.1. The van der Waals surface area contributed by atoms with Gasteiger partial charge in [-0.05, 0) is 30.5 Å². The van der Waals surface area contributed by atoms with Gasteiger partial charge in [-0.2, -0.15) is 0 Å². The smallest absolute Gasteiger partial charge is 0.326 e. The zero-order valence-electron chi connectivity index (χ0n) is 14.6. The fourth-order valence-corrected chi connectivity index (χ4v) is 3.73. The van der Waals surface area contributed by atoms with Crippen LogP contribution in [0.5, 0.6) is 5.75 Å². The van der Waals surface area contributed by atoms with Gasteiger partial charge in [0.15, 0.2) is 0 Å². The van der Waals surface area contributed by atoms with Gasteiger partial charge in [-0.3, -0.25) is 9.36 Å². The summed E-state index contributed by atoms with van der Waals surface area (Å²) in [6.07, 6.45) is 2.57. The average molecular weight is 372 g/mol. The SMILES string of the molecule is CCCOc1ccc(-c2csc3ncn([C@@H](CC)C(=O)O)c(=O)c23)cc1. The molecule has 1 N–H and O–H groups in total. The summed E-state index contributed by atoms with van der Waals surface area (Å²) in [6, 6.07) is 6.62. The van der Waals surface area contributed by atoms with Crippen LogP contribution in [0.3, 0.4) is 0 Å². The van der Waals surface area contributed by atoms with Crippen molar-refractivity contribution in [2.45, 2.75) is 32.7 Å². The third-order valence-corrected chi connectivity index (χ3v) is 5.05. The maximum Gasteiger partial charge on any atom is 0.326 e. The molecule has 0 unspecified atom stereocenters. The number of thiophene rings is 1. The van der Waals surface area contributed by atoms with Gasteiger partial charge in [0.25, 0.3) is 5.56 Å². The van der Waals surface area contributed by atoms with Gasteiger partial charge in [0, 0.05) is 10.9 Å². The van der Waals surface area contributed by atoms with Gasteiger partial charge in [0.1, 0.15) is 16.6 Å². The van der Waals surface area contributed by atoms with Crippen molar-refractivity contribution in [1.82, 2.24) is 9.55 Å². The number of aromatic nitrogens is 2. The van der Waals surface area contributed by atoms with Gasteiger partial charge >= 0.3 is 5.97 Å². The molecular weight excluding hydrogens is 352 g/mol. The van der Waals surface area contributed by atoms with Crippen LogP contribution in [0.4, 0.5) is 0 Å². The molecule has 0 spiro atoms. The Kier molecular flexibility index (Phi) is 5.37. The van der Waals surface area contributed by atoms with Crippen LogP contribution < -0.4 is 10.3 Å². The Hall–Kier alpha value is -2.67. The Labute approximate surface area is 154 Å². The molecule has 0 fully saturated rings. The van der Waals surface area contributed by atoms with Gasteiger partial charge in [0.05, 0.1) is 18.3 Å². The molecule has 1 atom stereocenters. The summed E-state index contributed by atoms with van der Waals surface area (Å²) < 4.78 is 6.80. The molecule has 0 aliphatic carbocycles. The second-order valence-corrected chi connectivity index (χ2v) is 6.78. The van der Waals surface area contributed by atoms with E-state index >= 15 is 0 Å². The quantitative estimate of drug-likeness (QED) is 0.679. The topological polar surface area (TPSA) is 81.4 Å². The largest absolute Gasteiger partial charge is 0.494 e. The summed E-state index contributed by atoms with van der Waals surface area (Å²) in [5.74, 6) is -0.257. The Morgan fingerprint density at radius 1 is 1.31 bits per heavy atom. The molecule has 0 aliphatic heterocycles. The lowest BCUT2D eigenvalue weighted by atomic mass is 10.1. The molecule has 3 rings (SSSR count). The fraction of sp³-hybridized carbons (Fsp3) is 0.316. The van der Waals surface area contributed by atoms with Crippen molar-refractivity contribution in [2.24, 2.45) is 0 Å². The van der Waals surface area contributed by atoms with Crippen molar-refractivity contribution in [2.75, 3.05) is 6.61 Å². The summed E-state index contributed by atoms with van der Waals surface area (Å²) in [5.41, 5.74) is 1.31. The zero-order valence-corrected chi connectivity index (χ0v) is 15.5. The van der Waals surface area contributed by atoms with E-state index in [0.29, 0.717) is 23.2 Å². The minimum atomic E-state index is -1.04. The van der Waals surface area contributed by atoms with E-state index in [1.54, 1.807) is 6.92 Å². The monoisotopic (exact) mass is 372 g/mol. The summed E-state index contributed by atoms with van der Waals surface area (Å²) in [7, 11) is 0. The Morgan fingerprint density at radius 3 is 2.65 bits per heavy atom. The third kappa shape index (κ3) is 3.35. The first-order chi connectivity index (χ1) is 12.6. The lowest BCUT2D eigenvalue weighted by molar-refractivity contribution is -0.141. The van der Waals surface area contributed by atoms with E-state index in [2.05, 4.69) is 4.98 Å². The molecule has 136 valence electrons. The average Bonchev–Trinajstić information content (AvgIpc) is 3.07. The number of carbonyl (C=O) groups is 1. The second kappa shape index (κ2) is 7.70. The number of ether oxygens (including phenoxy) is 1. The minimum absolute atomic E-state index is 0.311. The maximum atomic E-state index is 12.9. The van der Waals surface area contributed by atoms with E-state index in [9.17, 15) is 14.7 Å². The van der Waals surface area contributed by atoms with Gasteiger partial charge in [0.2, 0.25) is 0 Å². The van der Waals surface area contributed by atoms with Crippen LogP contribution in [0, 0.1) is 0 Å². The maximum absolute atomic E-state index is 12.9. The van der Waals surface area contributed by atoms with Crippen LogP contribution >= 0.6 is 11.3 Å². The molecule has 1 aromatic carbocycles. The van der Waals surface area contributed by atoms with Crippen LogP contribution in [-0.2, 0) is 4.79 Å². The lowest BCUT2D eigenvalue weighted by Gasteiger charge is -2.13. The third-order valence-electron chi connectivity index (χ3n) is 4.17. The van der Waals surface area contributed by atoms with E-state index in [0.717, 1.165) is 23.3 Å². The number of fused-ring (bicyclic) bond motifs is 1. The molecule has 6 nitrogen and oxygen atoms in total. The first-order valence-electron chi connectivity index (χ1n) is 8.51. The highest BCUT2D eigenvalue weighted by molar-refractivity contribution is 7.17. The van der Waals surface area contributed by atoms with Crippen LogP contribution in [-0.4, -0.2) is 27.2 Å². The molecule has 0 aliphatic rings. The van der Waals surface area contributed by atoms with Crippen LogP contribution in [0.1, 0.15) is 32.7 Å². The van der Waals surface area contributed by atoms with E-state index in [1.807, 2.05) is 36.6 Å². The van der Waals surface area contributed by atoms with Crippen molar-refractivity contribution in [1.29, 1.82) is 0 Å². The summed E-state index contributed by atoms with van der Waals surface area (Å²) >= 11 is 1.37. The number of carboxylic acids is 1. The van der Waals surface area contributed by atoms with Gasteiger partial charge in [-0.25, -0.2) is 9.78 Å². The minimum Gasteiger partial charge on any atom is -0.494 e. The van der Waals surface area contributed by atoms with Crippen molar-refractivity contribution < 1.29 is 14.6 Å². The number of rotatable bonds is 7. The number of carboxylic acid groups (broad SMARTS) is 1. The summed E-state index contributed by atoms with van der Waals surface area (Å²) in [4.78, 5) is 29.3. The zero-order chi connectivity index (χ0) is 18.7. The standard InChI is InChI=1S/C19H20N2O4S/c1-3-9-25-13-7-5-12(6-8-13)14-10-26-17-16(14)18(22)21(11-20-17)15(4-2)19(23)24/h5-8,10-11,15H,3-4,9H2,1-2H3,(H,23,24)/t15-/m0/s1. The number of hydrogen-bond donors (Lipinski definition) is 1. The molecule has 3 aromatic rings. The van der Waals surface area contributed by atoms with Crippen molar-refractivity contribution in [3.05, 3.63) is 46.3 Å². The van der Waals surface area contributed by atoms with Crippen molar-refractivity contribution in [3.63, 3.8) is 0 Å². The number of nitrogens with zero attached hydrogens (tertiary/aromatic N) is 2. The molecule has 2 aromatic heterocycles. The normalized spacial score (nSPS) is 12.2. The number of benzene rings is 1. The van der Waals surface area contributed by atoms with E-state index < -0.39 is 12.0 Å².